The highest BCUT2D eigenvalue weighted by molar-refractivity contribution is 6.16. The standard InChI is InChI=1S/C34H25N3O6/c1-43-24-12-7-10-22(19-24)31(39)29-28(30(38)21-9-6-11-23(18-21)37(41)42)34(26-14-4-5-15-27(26)35-33(34)40)32-25-13-3-2-8-20(25)16-17-36(29)32/h2-19,28-29,32H,1H3,(H,35,40)/t28-,29+,32-,34+/m1/s1. The summed E-state index contributed by atoms with van der Waals surface area (Å²) < 4.78 is 5.38. The number of benzene rings is 4. The summed E-state index contributed by atoms with van der Waals surface area (Å²) in [6.07, 6.45) is 3.66. The molecule has 3 heterocycles. The topological polar surface area (TPSA) is 119 Å². The fourth-order valence-corrected chi connectivity index (χ4v) is 7.07. The lowest BCUT2D eigenvalue weighted by atomic mass is 9.62. The van der Waals surface area contributed by atoms with Crippen molar-refractivity contribution < 1.29 is 24.0 Å². The zero-order valence-electron chi connectivity index (χ0n) is 23.0. The van der Waals surface area contributed by atoms with Crippen LogP contribution in [-0.4, -0.2) is 40.4 Å². The largest absolute Gasteiger partial charge is 0.497 e. The highest BCUT2D eigenvalue weighted by Gasteiger charge is 2.70. The molecule has 1 spiro atoms. The first-order chi connectivity index (χ1) is 20.9. The van der Waals surface area contributed by atoms with E-state index in [0.29, 0.717) is 22.6 Å². The Labute approximate surface area is 246 Å². The number of nitrogens with zero attached hydrogens (tertiary/aromatic N) is 2. The van der Waals surface area contributed by atoms with Gasteiger partial charge in [0.2, 0.25) is 5.91 Å². The number of rotatable bonds is 6. The van der Waals surface area contributed by atoms with Gasteiger partial charge in [-0.05, 0) is 41.0 Å². The fourth-order valence-electron chi connectivity index (χ4n) is 7.07. The number of carbonyl (C=O) groups is 3. The quantitative estimate of drug-likeness (QED) is 0.182. The van der Waals surface area contributed by atoms with Crippen LogP contribution in [0, 0.1) is 16.0 Å². The molecule has 43 heavy (non-hydrogen) atoms. The number of ether oxygens (including phenoxy) is 1. The number of non-ortho nitro benzene ring substituents is 1. The number of methoxy groups -OCH3 is 1. The van der Waals surface area contributed by atoms with Crippen molar-refractivity contribution in [3.8, 4) is 5.75 Å². The van der Waals surface area contributed by atoms with Crippen LogP contribution in [0.1, 0.15) is 43.4 Å². The summed E-state index contributed by atoms with van der Waals surface area (Å²) in [5.74, 6) is -2.07. The lowest BCUT2D eigenvalue weighted by molar-refractivity contribution is -0.384. The normalized spacial score (nSPS) is 22.9. The smallest absolute Gasteiger partial charge is 0.270 e. The van der Waals surface area contributed by atoms with Gasteiger partial charge in [-0.15, -0.1) is 0 Å². The van der Waals surface area contributed by atoms with Gasteiger partial charge in [0.15, 0.2) is 11.6 Å². The molecule has 7 rings (SSSR count). The summed E-state index contributed by atoms with van der Waals surface area (Å²) in [5, 5.41) is 14.7. The molecule has 0 bridgehead atoms. The lowest BCUT2D eigenvalue weighted by Crippen LogP contribution is -2.49. The van der Waals surface area contributed by atoms with Crippen molar-refractivity contribution in [2.24, 2.45) is 5.92 Å². The van der Waals surface area contributed by atoms with Gasteiger partial charge in [-0.1, -0.05) is 66.7 Å². The SMILES string of the molecule is COc1cccc(C(=O)[C@@H]2[C@H](C(=O)c3cccc([N+](=O)[O-])c3)[C@]3(C(=O)Nc4ccccc43)[C@H]3c4ccccc4C=CN23)c1. The zero-order valence-corrected chi connectivity index (χ0v) is 23.0. The number of nitrogens with one attached hydrogen (secondary N) is 1. The Morgan fingerprint density at radius 3 is 2.42 bits per heavy atom. The minimum Gasteiger partial charge on any atom is -0.497 e. The van der Waals surface area contributed by atoms with Gasteiger partial charge in [0, 0.05) is 35.1 Å². The molecule has 4 aromatic carbocycles. The van der Waals surface area contributed by atoms with Crippen molar-refractivity contribution in [3.05, 3.63) is 141 Å². The van der Waals surface area contributed by atoms with Crippen LogP contribution >= 0.6 is 0 Å². The number of hydrogen-bond acceptors (Lipinski definition) is 7. The predicted octanol–water partition coefficient (Wildman–Crippen LogP) is 5.59. The van der Waals surface area contributed by atoms with Crippen molar-refractivity contribution in [3.63, 3.8) is 0 Å². The van der Waals surface area contributed by atoms with Crippen LogP contribution in [0.2, 0.25) is 0 Å². The second-order valence-corrected chi connectivity index (χ2v) is 10.9. The van der Waals surface area contributed by atoms with Crippen molar-refractivity contribution in [2.75, 3.05) is 12.4 Å². The lowest BCUT2D eigenvalue weighted by Gasteiger charge is -2.38. The van der Waals surface area contributed by atoms with E-state index in [0.717, 1.165) is 11.1 Å². The molecule has 0 aliphatic carbocycles. The number of ketones is 2. The van der Waals surface area contributed by atoms with Gasteiger partial charge in [0.05, 0.1) is 24.0 Å². The third-order valence-electron chi connectivity index (χ3n) is 8.82. The van der Waals surface area contributed by atoms with E-state index in [4.69, 9.17) is 4.74 Å². The Bertz CT molecular complexity index is 1880. The van der Waals surface area contributed by atoms with Gasteiger partial charge in [-0.25, -0.2) is 0 Å². The third kappa shape index (κ3) is 3.74. The van der Waals surface area contributed by atoms with Gasteiger partial charge in [0.25, 0.3) is 5.69 Å². The molecule has 0 radical (unpaired) electrons. The van der Waals surface area contributed by atoms with Gasteiger partial charge < -0.3 is 15.0 Å². The first-order valence-corrected chi connectivity index (χ1v) is 13.8. The van der Waals surface area contributed by atoms with E-state index in [1.54, 1.807) is 42.6 Å². The molecule has 9 heteroatoms. The van der Waals surface area contributed by atoms with Crippen molar-refractivity contribution in [2.45, 2.75) is 17.5 Å². The number of hydrogen-bond donors (Lipinski definition) is 1. The summed E-state index contributed by atoms with van der Waals surface area (Å²) in [4.78, 5) is 56.9. The zero-order chi connectivity index (χ0) is 29.9. The van der Waals surface area contributed by atoms with Crippen LogP contribution in [0.3, 0.4) is 0 Å². The second kappa shape index (κ2) is 9.77. The Morgan fingerprint density at radius 1 is 0.907 bits per heavy atom. The average Bonchev–Trinajstić information content (AvgIpc) is 3.52. The molecule has 212 valence electrons. The number of amides is 1. The summed E-state index contributed by atoms with van der Waals surface area (Å²) >= 11 is 0. The maximum Gasteiger partial charge on any atom is 0.270 e. The van der Waals surface area contributed by atoms with Crippen LogP contribution in [0.4, 0.5) is 11.4 Å². The monoisotopic (exact) mass is 571 g/mol. The molecule has 0 saturated carbocycles. The average molecular weight is 572 g/mol. The minimum atomic E-state index is -1.53. The van der Waals surface area contributed by atoms with E-state index in [-0.39, 0.29) is 17.0 Å². The number of nitro benzene ring substituents is 1. The summed E-state index contributed by atoms with van der Waals surface area (Å²) in [5.41, 5.74) is 1.42. The fraction of sp³-hybridized carbons (Fsp3) is 0.147. The van der Waals surface area contributed by atoms with E-state index < -0.39 is 40.0 Å². The summed E-state index contributed by atoms with van der Waals surface area (Å²) in [6.45, 7) is 0. The Balaban J connectivity index is 1.53. The van der Waals surface area contributed by atoms with Crippen molar-refractivity contribution >= 4 is 34.9 Å². The summed E-state index contributed by atoms with van der Waals surface area (Å²) in [6, 6.07) is 25.1. The minimum absolute atomic E-state index is 0.0521. The second-order valence-electron chi connectivity index (χ2n) is 10.9. The molecule has 4 atom stereocenters. The highest BCUT2D eigenvalue weighted by atomic mass is 16.6. The molecule has 1 saturated heterocycles. The molecule has 1 fully saturated rings. The number of Topliss-reactive ketones (excluding diaryl/α,β-unsaturated/α-hetero) is 2. The van der Waals surface area contributed by atoms with Gasteiger partial charge in [-0.2, -0.15) is 0 Å². The van der Waals surface area contributed by atoms with Crippen LogP contribution in [-0.2, 0) is 10.2 Å². The number of para-hydroxylation sites is 1. The molecular formula is C34H25N3O6. The van der Waals surface area contributed by atoms with E-state index in [2.05, 4.69) is 5.32 Å². The highest BCUT2D eigenvalue weighted by Crippen LogP contribution is 2.62. The van der Waals surface area contributed by atoms with Gasteiger partial charge >= 0.3 is 0 Å². The molecule has 1 amide bonds. The van der Waals surface area contributed by atoms with Crippen LogP contribution in [0.15, 0.2) is 103 Å². The maximum atomic E-state index is 14.8. The molecular weight excluding hydrogens is 546 g/mol. The first-order valence-electron chi connectivity index (χ1n) is 13.8. The van der Waals surface area contributed by atoms with Crippen molar-refractivity contribution in [1.82, 2.24) is 4.90 Å². The van der Waals surface area contributed by atoms with Gasteiger partial charge in [-0.3, -0.25) is 24.5 Å². The number of fused-ring (bicyclic) bond motifs is 6. The molecule has 3 aliphatic heterocycles. The maximum absolute atomic E-state index is 14.8. The Hall–Kier alpha value is -5.57. The molecule has 9 nitrogen and oxygen atoms in total. The molecule has 0 aromatic heterocycles. The first kappa shape index (κ1) is 26.3. The predicted molar refractivity (Wildman–Crippen MR) is 159 cm³/mol. The van der Waals surface area contributed by atoms with Crippen molar-refractivity contribution in [1.29, 1.82) is 0 Å². The van der Waals surface area contributed by atoms with E-state index in [1.165, 1.54) is 31.4 Å². The summed E-state index contributed by atoms with van der Waals surface area (Å²) in [7, 11) is 1.50. The van der Waals surface area contributed by atoms with E-state index in [9.17, 15) is 24.5 Å². The number of anilines is 1. The van der Waals surface area contributed by atoms with Crippen LogP contribution < -0.4 is 10.1 Å². The van der Waals surface area contributed by atoms with Gasteiger partial charge in [0.1, 0.15) is 17.2 Å². The van der Waals surface area contributed by atoms with Crippen LogP contribution in [0.5, 0.6) is 5.75 Å². The Kier molecular flexibility index (Phi) is 5.98. The van der Waals surface area contributed by atoms with Crippen LogP contribution in [0.25, 0.3) is 6.08 Å². The molecule has 0 unspecified atom stereocenters. The molecule has 3 aliphatic rings. The Morgan fingerprint density at radius 2 is 1.63 bits per heavy atom. The third-order valence-corrected chi connectivity index (χ3v) is 8.82. The molecule has 4 aromatic rings. The number of carbonyl (C=O) groups excluding carboxylic acids is 3. The molecule has 1 N–H and O–H groups in total. The van der Waals surface area contributed by atoms with E-state index in [1.807, 2.05) is 47.4 Å². The van der Waals surface area contributed by atoms with E-state index >= 15 is 0 Å². The number of nitro groups is 1.